The van der Waals surface area contributed by atoms with E-state index in [1.54, 1.807) is 23.4 Å². The molecule has 3 aromatic rings. The van der Waals surface area contributed by atoms with Crippen molar-refractivity contribution in [3.05, 3.63) is 78.1 Å². The minimum Gasteiger partial charge on any atom is -0.479 e. The highest BCUT2D eigenvalue weighted by Crippen LogP contribution is 2.44. The molecule has 0 bridgehead atoms. The number of ether oxygens (including phenoxy) is 1. The Labute approximate surface area is 179 Å². The van der Waals surface area contributed by atoms with E-state index < -0.39 is 17.6 Å². The van der Waals surface area contributed by atoms with Crippen LogP contribution in [-0.4, -0.2) is 51.5 Å². The Kier molecular flexibility index (Phi) is 4.73. The van der Waals surface area contributed by atoms with Crippen molar-refractivity contribution in [2.45, 2.75) is 24.3 Å². The van der Waals surface area contributed by atoms with Gasteiger partial charge in [-0.15, -0.1) is 0 Å². The largest absolute Gasteiger partial charge is 0.479 e. The molecule has 1 aliphatic carbocycles. The first-order valence-corrected chi connectivity index (χ1v) is 10.4. The number of nitrogens with zero attached hydrogens (tertiary/aromatic N) is 3. The van der Waals surface area contributed by atoms with Crippen LogP contribution in [0.5, 0.6) is 0 Å². The molecule has 0 unspecified atom stereocenters. The van der Waals surface area contributed by atoms with E-state index in [1.807, 2.05) is 24.3 Å². The van der Waals surface area contributed by atoms with Crippen LogP contribution in [-0.2, 0) is 15.1 Å². The maximum absolute atomic E-state index is 12.8. The standard InChI is InChI=1S/C24H23N3O4/c28-22(29)24(27-13-5-12-25-27)10-14-26(15-11-24)23(30)31-16-21-19-8-3-1-6-17(19)18-7-2-4-9-20(18)21/h1-9,12-13,21H,10-11,14-16H2,(H,28,29). The Morgan fingerprint density at radius 1 is 1.00 bits per heavy atom. The number of amides is 1. The molecular formula is C24H23N3O4. The molecule has 1 aromatic heterocycles. The number of likely N-dealkylation sites (tertiary alicyclic amines) is 1. The van der Waals surface area contributed by atoms with Crippen LogP contribution in [0.2, 0.25) is 0 Å². The molecule has 0 atom stereocenters. The van der Waals surface area contributed by atoms with Gasteiger partial charge in [0.05, 0.1) is 0 Å². The summed E-state index contributed by atoms with van der Waals surface area (Å²) in [5.41, 5.74) is 3.58. The molecule has 2 heterocycles. The zero-order chi connectivity index (χ0) is 21.4. The van der Waals surface area contributed by atoms with E-state index in [0.717, 1.165) is 0 Å². The van der Waals surface area contributed by atoms with Crippen LogP contribution in [0.3, 0.4) is 0 Å². The molecule has 1 saturated heterocycles. The Morgan fingerprint density at radius 3 is 2.16 bits per heavy atom. The van der Waals surface area contributed by atoms with Gasteiger partial charge in [0.25, 0.3) is 0 Å². The number of carboxylic acids is 1. The second-order valence-electron chi connectivity index (χ2n) is 8.08. The van der Waals surface area contributed by atoms with E-state index in [9.17, 15) is 14.7 Å². The van der Waals surface area contributed by atoms with Crippen molar-refractivity contribution in [2.24, 2.45) is 0 Å². The van der Waals surface area contributed by atoms with Gasteiger partial charge >= 0.3 is 12.1 Å². The number of aliphatic carboxylic acids is 1. The Bertz CT molecular complexity index is 1070. The number of piperidine rings is 1. The maximum atomic E-state index is 12.8. The van der Waals surface area contributed by atoms with E-state index in [-0.39, 0.29) is 25.4 Å². The number of carbonyl (C=O) groups excluding carboxylic acids is 1. The number of fused-ring (bicyclic) bond motifs is 3. The molecule has 158 valence electrons. The number of carboxylic acid groups (broad SMARTS) is 1. The Hall–Kier alpha value is -3.61. The summed E-state index contributed by atoms with van der Waals surface area (Å²) in [4.78, 5) is 26.4. The second kappa shape index (κ2) is 7.58. The Morgan fingerprint density at radius 2 is 1.61 bits per heavy atom. The summed E-state index contributed by atoms with van der Waals surface area (Å²) in [5.74, 6) is -0.924. The van der Waals surface area contributed by atoms with Crippen LogP contribution in [0.4, 0.5) is 4.79 Å². The van der Waals surface area contributed by atoms with Crippen molar-refractivity contribution in [3.63, 3.8) is 0 Å². The van der Waals surface area contributed by atoms with Gasteiger partial charge in [-0.3, -0.25) is 4.68 Å². The predicted octanol–water partition coefficient (Wildman–Crippen LogP) is 3.71. The van der Waals surface area contributed by atoms with Crippen molar-refractivity contribution in [2.75, 3.05) is 19.7 Å². The summed E-state index contributed by atoms with van der Waals surface area (Å²) < 4.78 is 7.21. The van der Waals surface area contributed by atoms with Crippen molar-refractivity contribution < 1.29 is 19.4 Å². The van der Waals surface area contributed by atoms with Crippen LogP contribution >= 0.6 is 0 Å². The smallest absolute Gasteiger partial charge is 0.409 e. The molecule has 1 N–H and O–H groups in total. The molecule has 2 aliphatic rings. The average Bonchev–Trinajstić information content (AvgIpc) is 3.45. The van der Waals surface area contributed by atoms with E-state index in [2.05, 4.69) is 29.4 Å². The second-order valence-corrected chi connectivity index (χ2v) is 8.08. The normalized spacial score (nSPS) is 17.1. The number of hydrogen-bond donors (Lipinski definition) is 1. The Balaban J connectivity index is 1.27. The molecule has 1 fully saturated rings. The van der Waals surface area contributed by atoms with Crippen LogP contribution in [0.15, 0.2) is 67.0 Å². The minimum absolute atomic E-state index is 0.00308. The van der Waals surface area contributed by atoms with Gasteiger partial charge < -0.3 is 14.7 Å². The first-order chi connectivity index (χ1) is 15.1. The minimum atomic E-state index is -1.12. The van der Waals surface area contributed by atoms with Crippen molar-refractivity contribution in [1.82, 2.24) is 14.7 Å². The highest BCUT2D eigenvalue weighted by molar-refractivity contribution is 5.79. The zero-order valence-electron chi connectivity index (χ0n) is 17.0. The summed E-state index contributed by atoms with van der Waals surface area (Å²) in [5, 5.41) is 14.0. The van der Waals surface area contributed by atoms with Gasteiger partial charge in [-0.05, 0) is 28.3 Å². The van der Waals surface area contributed by atoms with E-state index in [1.165, 1.54) is 26.9 Å². The molecule has 1 amide bonds. The van der Waals surface area contributed by atoms with E-state index in [0.29, 0.717) is 13.1 Å². The third kappa shape index (κ3) is 3.17. The zero-order valence-corrected chi connectivity index (χ0v) is 17.0. The highest BCUT2D eigenvalue weighted by Gasteiger charge is 2.45. The van der Waals surface area contributed by atoms with Crippen molar-refractivity contribution in [1.29, 1.82) is 0 Å². The molecule has 7 nitrogen and oxygen atoms in total. The third-order valence-electron chi connectivity index (χ3n) is 6.53. The molecule has 0 radical (unpaired) electrons. The SMILES string of the molecule is O=C(OCC1c2ccccc2-c2ccccc21)N1CCC(C(=O)O)(n2cccn2)CC1. The highest BCUT2D eigenvalue weighted by atomic mass is 16.6. The summed E-state index contributed by atoms with van der Waals surface area (Å²) in [6.07, 6.45) is 3.41. The first kappa shape index (κ1) is 19.4. The van der Waals surface area contributed by atoms with Gasteiger partial charge in [-0.25, -0.2) is 9.59 Å². The van der Waals surface area contributed by atoms with E-state index in [4.69, 9.17) is 4.74 Å². The molecule has 5 rings (SSSR count). The molecule has 2 aromatic carbocycles. The van der Waals surface area contributed by atoms with Crippen LogP contribution in [0.25, 0.3) is 11.1 Å². The van der Waals surface area contributed by atoms with E-state index >= 15 is 0 Å². The fraction of sp³-hybridized carbons (Fsp3) is 0.292. The summed E-state index contributed by atoms with van der Waals surface area (Å²) in [6, 6.07) is 18.1. The van der Waals surface area contributed by atoms with Crippen LogP contribution in [0, 0.1) is 0 Å². The lowest BCUT2D eigenvalue weighted by atomic mass is 9.88. The lowest BCUT2D eigenvalue weighted by Gasteiger charge is -2.38. The monoisotopic (exact) mass is 417 g/mol. The summed E-state index contributed by atoms with van der Waals surface area (Å²) >= 11 is 0. The van der Waals surface area contributed by atoms with Gasteiger partial charge in [0.2, 0.25) is 0 Å². The van der Waals surface area contributed by atoms with Gasteiger partial charge in [0, 0.05) is 44.2 Å². The number of rotatable bonds is 4. The molecular weight excluding hydrogens is 394 g/mol. The van der Waals surface area contributed by atoms with Crippen LogP contribution < -0.4 is 0 Å². The number of hydrogen-bond acceptors (Lipinski definition) is 4. The quantitative estimate of drug-likeness (QED) is 0.700. The number of benzene rings is 2. The molecule has 0 saturated carbocycles. The average molecular weight is 417 g/mol. The van der Waals surface area contributed by atoms with Gasteiger partial charge in [0.15, 0.2) is 5.54 Å². The van der Waals surface area contributed by atoms with Gasteiger partial charge in [0.1, 0.15) is 6.61 Å². The summed E-state index contributed by atoms with van der Waals surface area (Å²) in [7, 11) is 0. The van der Waals surface area contributed by atoms with Gasteiger partial charge in [-0.1, -0.05) is 48.5 Å². The predicted molar refractivity (Wildman–Crippen MR) is 114 cm³/mol. The molecule has 31 heavy (non-hydrogen) atoms. The fourth-order valence-electron chi connectivity index (χ4n) is 4.81. The topological polar surface area (TPSA) is 84.7 Å². The third-order valence-corrected chi connectivity index (χ3v) is 6.53. The van der Waals surface area contributed by atoms with Crippen LogP contribution in [0.1, 0.15) is 29.9 Å². The lowest BCUT2D eigenvalue weighted by Crippen LogP contribution is -2.52. The number of aromatic nitrogens is 2. The fourth-order valence-corrected chi connectivity index (χ4v) is 4.81. The summed E-state index contributed by atoms with van der Waals surface area (Å²) in [6.45, 7) is 0.873. The molecule has 7 heteroatoms. The van der Waals surface area contributed by atoms with Crippen molar-refractivity contribution >= 4 is 12.1 Å². The van der Waals surface area contributed by atoms with Gasteiger partial charge in [-0.2, -0.15) is 5.10 Å². The number of carbonyl (C=O) groups is 2. The van der Waals surface area contributed by atoms with Crippen molar-refractivity contribution in [3.8, 4) is 11.1 Å². The molecule has 1 aliphatic heterocycles. The molecule has 0 spiro atoms. The first-order valence-electron chi connectivity index (χ1n) is 10.4. The maximum Gasteiger partial charge on any atom is 0.409 e. The lowest BCUT2D eigenvalue weighted by molar-refractivity contribution is -0.151.